The molecule has 0 atom stereocenters. The van der Waals surface area contributed by atoms with Crippen molar-refractivity contribution in [3.63, 3.8) is 0 Å². The number of anilines is 3. The average Bonchev–Trinajstić information content (AvgIpc) is 3.48. The number of carbonyl (C=O) groups is 3. The molecule has 1 aromatic heterocycles. The second-order valence-corrected chi connectivity index (χ2v) is 10.2. The molecular weight excluding hydrogens is 520 g/mol. The summed E-state index contributed by atoms with van der Waals surface area (Å²) in [5.74, 6) is -1.21. The fourth-order valence-electron chi connectivity index (χ4n) is 3.98. The third-order valence-corrected chi connectivity index (χ3v) is 7.14. The van der Waals surface area contributed by atoms with Gasteiger partial charge in [0, 0.05) is 22.2 Å². The maximum atomic E-state index is 13.1. The van der Waals surface area contributed by atoms with Gasteiger partial charge >= 0.3 is 0 Å². The van der Waals surface area contributed by atoms with E-state index in [0.717, 1.165) is 21.7 Å². The number of rotatable bonds is 7. The zero-order valence-corrected chi connectivity index (χ0v) is 22.1. The molecule has 2 heterocycles. The summed E-state index contributed by atoms with van der Waals surface area (Å²) < 4.78 is 0. The Bertz CT molecular complexity index is 1560. The monoisotopic (exact) mass is 542 g/mol. The SMILES string of the molecule is CC(C)c1ccc(N2C(=O)C(Cl)=C(Nc3cccc(C(=O)Nc4nc(-c5ccccc5)cs4)c3)C2=O)cc1. The van der Waals surface area contributed by atoms with E-state index >= 15 is 0 Å². The molecule has 7 nitrogen and oxygen atoms in total. The van der Waals surface area contributed by atoms with E-state index in [2.05, 4.69) is 29.5 Å². The minimum Gasteiger partial charge on any atom is -0.350 e. The first-order chi connectivity index (χ1) is 18.3. The highest BCUT2D eigenvalue weighted by molar-refractivity contribution is 7.14. The predicted molar refractivity (Wildman–Crippen MR) is 151 cm³/mol. The van der Waals surface area contributed by atoms with Gasteiger partial charge in [0.1, 0.15) is 10.7 Å². The van der Waals surface area contributed by atoms with Crippen molar-refractivity contribution in [1.29, 1.82) is 0 Å². The van der Waals surface area contributed by atoms with Crippen LogP contribution in [0, 0.1) is 0 Å². The number of carbonyl (C=O) groups excluding carboxylic acids is 3. The summed E-state index contributed by atoms with van der Waals surface area (Å²) in [6.07, 6.45) is 0. The van der Waals surface area contributed by atoms with Crippen molar-refractivity contribution < 1.29 is 14.4 Å². The maximum Gasteiger partial charge on any atom is 0.283 e. The number of amides is 3. The first-order valence-electron chi connectivity index (χ1n) is 11.9. The van der Waals surface area contributed by atoms with Gasteiger partial charge in [-0.2, -0.15) is 0 Å². The molecule has 1 aliphatic rings. The van der Waals surface area contributed by atoms with Crippen LogP contribution in [0.2, 0.25) is 0 Å². The van der Waals surface area contributed by atoms with Crippen LogP contribution in [0.5, 0.6) is 0 Å². The molecule has 0 fully saturated rings. The number of hydrogen-bond acceptors (Lipinski definition) is 6. The van der Waals surface area contributed by atoms with Crippen molar-refractivity contribution in [3.8, 4) is 11.3 Å². The fraction of sp³-hybridized carbons (Fsp3) is 0.103. The van der Waals surface area contributed by atoms with Crippen LogP contribution in [0.1, 0.15) is 35.7 Å². The third kappa shape index (κ3) is 5.09. The number of nitrogens with zero attached hydrogens (tertiary/aromatic N) is 2. The summed E-state index contributed by atoms with van der Waals surface area (Å²) in [6.45, 7) is 4.13. The van der Waals surface area contributed by atoms with Crippen molar-refractivity contribution in [3.05, 3.63) is 106 Å². The molecule has 0 spiro atoms. The minimum atomic E-state index is -0.608. The molecular formula is C29H23ClN4O3S. The summed E-state index contributed by atoms with van der Waals surface area (Å²) in [4.78, 5) is 44.4. The second-order valence-electron chi connectivity index (χ2n) is 8.94. The normalized spacial score (nSPS) is 13.4. The lowest BCUT2D eigenvalue weighted by molar-refractivity contribution is -0.120. The molecule has 3 aromatic carbocycles. The largest absolute Gasteiger partial charge is 0.350 e. The van der Waals surface area contributed by atoms with E-state index in [1.807, 2.05) is 47.8 Å². The zero-order chi connectivity index (χ0) is 26.8. The van der Waals surface area contributed by atoms with Gasteiger partial charge in [0.15, 0.2) is 5.13 Å². The molecule has 9 heteroatoms. The molecule has 38 heavy (non-hydrogen) atoms. The Morgan fingerprint density at radius 1 is 0.947 bits per heavy atom. The van der Waals surface area contributed by atoms with Crippen LogP contribution in [0.3, 0.4) is 0 Å². The average molecular weight is 543 g/mol. The Morgan fingerprint density at radius 2 is 1.68 bits per heavy atom. The van der Waals surface area contributed by atoms with Gasteiger partial charge in [-0.1, -0.05) is 74.0 Å². The molecule has 0 aliphatic carbocycles. The highest BCUT2D eigenvalue weighted by Crippen LogP contribution is 2.31. The maximum absolute atomic E-state index is 13.1. The van der Waals surface area contributed by atoms with Crippen LogP contribution in [0.25, 0.3) is 11.3 Å². The van der Waals surface area contributed by atoms with Gasteiger partial charge < -0.3 is 5.32 Å². The Balaban J connectivity index is 1.30. The Labute approximate surface area is 228 Å². The van der Waals surface area contributed by atoms with Crippen molar-refractivity contribution in [1.82, 2.24) is 4.98 Å². The molecule has 0 radical (unpaired) electrons. The molecule has 0 saturated heterocycles. The van der Waals surface area contributed by atoms with Crippen molar-refractivity contribution in [2.45, 2.75) is 19.8 Å². The van der Waals surface area contributed by atoms with Gasteiger partial charge in [-0.05, 0) is 41.8 Å². The molecule has 190 valence electrons. The predicted octanol–water partition coefficient (Wildman–Crippen LogP) is 6.62. The Hall–Kier alpha value is -4.27. The lowest BCUT2D eigenvalue weighted by Crippen LogP contribution is -2.32. The van der Waals surface area contributed by atoms with E-state index in [9.17, 15) is 14.4 Å². The van der Waals surface area contributed by atoms with E-state index in [1.54, 1.807) is 36.4 Å². The van der Waals surface area contributed by atoms with Gasteiger partial charge in [0.05, 0.1) is 11.4 Å². The van der Waals surface area contributed by atoms with Crippen molar-refractivity contribution >= 4 is 57.2 Å². The van der Waals surface area contributed by atoms with E-state index in [-0.39, 0.29) is 16.6 Å². The van der Waals surface area contributed by atoms with Gasteiger partial charge in [-0.15, -0.1) is 11.3 Å². The molecule has 5 rings (SSSR count). The van der Waals surface area contributed by atoms with E-state index in [0.29, 0.717) is 28.0 Å². The first kappa shape index (κ1) is 25.4. The van der Waals surface area contributed by atoms with Crippen LogP contribution >= 0.6 is 22.9 Å². The number of nitrogens with one attached hydrogen (secondary N) is 2. The number of aromatic nitrogens is 1. The molecule has 4 aromatic rings. The van der Waals surface area contributed by atoms with Crippen LogP contribution in [0.4, 0.5) is 16.5 Å². The molecule has 0 bridgehead atoms. The van der Waals surface area contributed by atoms with Crippen molar-refractivity contribution in [2.75, 3.05) is 15.5 Å². The van der Waals surface area contributed by atoms with Gasteiger partial charge in [0.2, 0.25) is 0 Å². The summed E-state index contributed by atoms with van der Waals surface area (Å²) in [5, 5.41) is 7.87. The smallest absolute Gasteiger partial charge is 0.283 e. The topological polar surface area (TPSA) is 91.4 Å². The highest BCUT2D eigenvalue weighted by Gasteiger charge is 2.39. The molecule has 0 saturated carbocycles. The van der Waals surface area contributed by atoms with Crippen LogP contribution in [-0.2, 0) is 9.59 Å². The molecule has 2 N–H and O–H groups in total. The summed E-state index contributed by atoms with van der Waals surface area (Å²) in [5.41, 5.74) is 4.00. The number of halogens is 1. The summed E-state index contributed by atoms with van der Waals surface area (Å²) in [6, 6.07) is 23.5. The van der Waals surface area contributed by atoms with Gasteiger partial charge in [0.25, 0.3) is 17.7 Å². The van der Waals surface area contributed by atoms with E-state index in [4.69, 9.17) is 11.6 Å². The number of thiazole rings is 1. The lowest BCUT2D eigenvalue weighted by Gasteiger charge is -2.16. The van der Waals surface area contributed by atoms with Gasteiger partial charge in [-0.25, -0.2) is 9.88 Å². The molecule has 3 amide bonds. The second kappa shape index (κ2) is 10.6. The van der Waals surface area contributed by atoms with E-state index in [1.165, 1.54) is 11.3 Å². The first-order valence-corrected chi connectivity index (χ1v) is 13.2. The van der Waals surface area contributed by atoms with Crippen molar-refractivity contribution in [2.24, 2.45) is 0 Å². The molecule has 1 aliphatic heterocycles. The number of hydrogen-bond donors (Lipinski definition) is 2. The summed E-state index contributed by atoms with van der Waals surface area (Å²) in [7, 11) is 0. The van der Waals surface area contributed by atoms with Crippen LogP contribution in [-0.4, -0.2) is 22.7 Å². The highest BCUT2D eigenvalue weighted by atomic mass is 35.5. The number of imide groups is 1. The van der Waals surface area contributed by atoms with Gasteiger partial charge in [-0.3, -0.25) is 19.7 Å². The zero-order valence-electron chi connectivity index (χ0n) is 20.6. The van der Waals surface area contributed by atoms with Crippen LogP contribution < -0.4 is 15.5 Å². The minimum absolute atomic E-state index is 0.0467. The fourth-order valence-corrected chi connectivity index (χ4v) is 4.91. The Kier molecular flexibility index (Phi) is 7.09. The molecule has 0 unspecified atom stereocenters. The third-order valence-electron chi connectivity index (χ3n) is 6.03. The summed E-state index contributed by atoms with van der Waals surface area (Å²) >= 11 is 7.61. The Morgan fingerprint density at radius 3 is 2.39 bits per heavy atom. The van der Waals surface area contributed by atoms with Crippen LogP contribution in [0.15, 0.2) is 95.0 Å². The number of benzene rings is 3. The van der Waals surface area contributed by atoms with E-state index < -0.39 is 11.8 Å². The standard InChI is InChI=1S/C29H23ClN4O3S/c1-17(2)18-11-13-22(14-12-18)34-27(36)24(30)25(28(34)37)31-21-10-6-9-20(15-21)26(35)33-29-32-23(16-38-29)19-7-4-3-5-8-19/h3-17,31H,1-2H3,(H,32,33,35). The lowest BCUT2D eigenvalue weighted by atomic mass is 10.0. The quantitative estimate of drug-likeness (QED) is 0.256.